The Hall–Kier alpha value is -2.66. The fourth-order valence-corrected chi connectivity index (χ4v) is 4.06. The SMILES string of the molecule is CCCCCC(=O)N(CCC)C(C)c1nc2ccccc2c(=O)n1-c1cccc(Cl)c1. The normalized spacial score (nSPS) is 12.1. The lowest BCUT2D eigenvalue weighted by molar-refractivity contribution is -0.133. The summed E-state index contributed by atoms with van der Waals surface area (Å²) in [6, 6.07) is 14.1. The van der Waals surface area contributed by atoms with Crippen molar-refractivity contribution < 1.29 is 4.79 Å². The number of hydrogen-bond donors (Lipinski definition) is 0. The second kappa shape index (κ2) is 10.6. The molecule has 5 nitrogen and oxygen atoms in total. The molecule has 1 aromatic heterocycles. The van der Waals surface area contributed by atoms with Gasteiger partial charge in [0.15, 0.2) is 0 Å². The molecule has 1 heterocycles. The molecule has 0 bridgehead atoms. The number of unbranched alkanes of at least 4 members (excludes halogenated alkanes) is 2. The van der Waals surface area contributed by atoms with Gasteiger partial charge in [0.25, 0.3) is 5.56 Å². The van der Waals surface area contributed by atoms with Gasteiger partial charge in [0.1, 0.15) is 5.82 Å². The number of nitrogens with zero attached hydrogens (tertiary/aromatic N) is 3. The Bertz CT molecular complexity index is 1110. The first-order valence-electron chi connectivity index (χ1n) is 11.0. The minimum absolute atomic E-state index is 0.0999. The van der Waals surface area contributed by atoms with Crippen molar-refractivity contribution in [3.63, 3.8) is 0 Å². The van der Waals surface area contributed by atoms with E-state index >= 15 is 0 Å². The Morgan fingerprint density at radius 1 is 1.10 bits per heavy atom. The van der Waals surface area contributed by atoms with Gasteiger partial charge in [0.2, 0.25) is 5.91 Å². The molecule has 0 aliphatic heterocycles. The Morgan fingerprint density at radius 3 is 2.58 bits per heavy atom. The van der Waals surface area contributed by atoms with Crippen LogP contribution in [0, 0.1) is 0 Å². The van der Waals surface area contributed by atoms with E-state index in [1.54, 1.807) is 22.8 Å². The molecule has 0 aliphatic carbocycles. The zero-order valence-electron chi connectivity index (χ0n) is 18.5. The van der Waals surface area contributed by atoms with Crippen LogP contribution in [-0.4, -0.2) is 26.9 Å². The Labute approximate surface area is 188 Å². The van der Waals surface area contributed by atoms with E-state index in [-0.39, 0.29) is 17.5 Å². The van der Waals surface area contributed by atoms with E-state index < -0.39 is 0 Å². The van der Waals surface area contributed by atoms with Gasteiger partial charge in [0, 0.05) is 18.0 Å². The number of benzene rings is 2. The molecule has 0 aliphatic rings. The number of carbonyl (C=O) groups excluding carboxylic acids is 1. The monoisotopic (exact) mass is 439 g/mol. The van der Waals surface area contributed by atoms with Gasteiger partial charge in [-0.1, -0.05) is 56.5 Å². The third-order valence-electron chi connectivity index (χ3n) is 5.49. The van der Waals surface area contributed by atoms with Gasteiger partial charge in [-0.15, -0.1) is 0 Å². The van der Waals surface area contributed by atoms with Crippen LogP contribution in [0.4, 0.5) is 0 Å². The second-order valence-electron chi connectivity index (χ2n) is 7.83. The van der Waals surface area contributed by atoms with E-state index in [1.807, 2.05) is 42.2 Å². The highest BCUT2D eigenvalue weighted by molar-refractivity contribution is 6.30. The van der Waals surface area contributed by atoms with E-state index in [4.69, 9.17) is 16.6 Å². The molecule has 0 fully saturated rings. The number of rotatable bonds is 9. The molecule has 3 aromatic rings. The maximum Gasteiger partial charge on any atom is 0.266 e. The molecule has 2 aromatic carbocycles. The highest BCUT2D eigenvalue weighted by atomic mass is 35.5. The van der Waals surface area contributed by atoms with Crippen LogP contribution in [0.15, 0.2) is 53.3 Å². The summed E-state index contributed by atoms with van der Waals surface area (Å²) >= 11 is 6.23. The molecule has 1 atom stereocenters. The van der Waals surface area contributed by atoms with Crippen molar-refractivity contribution in [2.24, 2.45) is 0 Å². The first-order valence-corrected chi connectivity index (χ1v) is 11.4. The van der Waals surface area contributed by atoms with Crippen LogP contribution in [0.1, 0.15) is 64.7 Å². The predicted octanol–water partition coefficient (Wildman–Crippen LogP) is 5.92. The third-order valence-corrected chi connectivity index (χ3v) is 5.72. The Kier molecular flexibility index (Phi) is 7.85. The number of aromatic nitrogens is 2. The molecule has 0 radical (unpaired) electrons. The molecule has 6 heteroatoms. The van der Waals surface area contributed by atoms with Gasteiger partial charge >= 0.3 is 0 Å². The van der Waals surface area contributed by atoms with Gasteiger partial charge in [-0.2, -0.15) is 0 Å². The van der Waals surface area contributed by atoms with Crippen LogP contribution in [0.2, 0.25) is 5.02 Å². The zero-order valence-corrected chi connectivity index (χ0v) is 19.2. The van der Waals surface area contributed by atoms with Crippen molar-refractivity contribution >= 4 is 28.4 Å². The van der Waals surface area contributed by atoms with Gasteiger partial charge in [-0.05, 0) is 50.1 Å². The van der Waals surface area contributed by atoms with E-state index in [1.165, 1.54) is 0 Å². The number of halogens is 1. The minimum atomic E-state index is -0.356. The molecule has 1 unspecified atom stereocenters. The van der Waals surface area contributed by atoms with Gasteiger partial charge in [-0.25, -0.2) is 4.98 Å². The molecule has 0 saturated heterocycles. The average molecular weight is 440 g/mol. The van der Waals surface area contributed by atoms with Crippen molar-refractivity contribution in [2.45, 2.75) is 58.9 Å². The van der Waals surface area contributed by atoms with E-state index in [0.717, 1.165) is 25.7 Å². The molecular formula is C25H30ClN3O2. The van der Waals surface area contributed by atoms with Crippen molar-refractivity contribution in [1.29, 1.82) is 0 Å². The van der Waals surface area contributed by atoms with E-state index in [2.05, 4.69) is 13.8 Å². The quantitative estimate of drug-likeness (QED) is 0.389. The van der Waals surface area contributed by atoms with Crippen LogP contribution < -0.4 is 5.56 Å². The van der Waals surface area contributed by atoms with Crippen molar-refractivity contribution in [3.8, 4) is 5.69 Å². The maximum atomic E-state index is 13.5. The summed E-state index contributed by atoms with van der Waals surface area (Å²) in [7, 11) is 0. The zero-order chi connectivity index (χ0) is 22.4. The Morgan fingerprint density at radius 2 is 1.87 bits per heavy atom. The summed E-state index contributed by atoms with van der Waals surface area (Å²) in [5.41, 5.74) is 1.11. The first kappa shape index (κ1) is 23.0. The molecule has 1 amide bonds. The van der Waals surface area contributed by atoms with Crippen LogP contribution in [0.5, 0.6) is 0 Å². The molecule has 3 rings (SSSR count). The van der Waals surface area contributed by atoms with E-state index in [9.17, 15) is 9.59 Å². The topological polar surface area (TPSA) is 55.2 Å². The summed E-state index contributed by atoms with van der Waals surface area (Å²) in [4.78, 5) is 33.3. The third kappa shape index (κ3) is 5.16. The molecular weight excluding hydrogens is 410 g/mol. The van der Waals surface area contributed by atoms with Crippen molar-refractivity contribution in [2.75, 3.05) is 6.54 Å². The number of hydrogen-bond acceptors (Lipinski definition) is 3. The van der Waals surface area contributed by atoms with Crippen LogP contribution >= 0.6 is 11.6 Å². The van der Waals surface area contributed by atoms with Crippen LogP contribution in [-0.2, 0) is 4.79 Å². The maximum absolute atomic E-state index is 13.5. The van der Waals surface area contributed by atoms with E-state index in [0.29, 0.717) is 40.4 Å². The van der Waals surface area contributed by atoms with Crippen molar-refractivity contribution in [1.82, 2.24) is 14.5 Å². The number of carbonyl (C=O) groups is 1. The van der Waals surface area contributed by atoms with Gasteiger partial charge in [-0.3, -0.25) is 14.2 Å². The highest BCUT2D eigenvalue weighted by Gasteiger charge is 2.26. The summed E-state index contributed by atoms with van der Waals surface area (Å²) in [6.07, 6.45) is 4.30. The molecule has 164 valence electrons. The van der Waals surface area contributed by atoms with Gasteiger partial charge in [0.05, 0.1) is 22.6 Å². The second-order valence-corrected chi connectivity index (χ2v) is 8.26. The smallest absolute Gasteiger partial charge is 0.266 e. The Balaban J connectivity index is 2.15. The predicted molar refractivity (Wildman–Crippen MR) is 127 cm³/mol. The number of fused-ring (bicyclic) bond motifs is 1. The number of amides is 1. The summed E-state index contributed by atoms with van der Waals surface area (Å²) in [5, 5.41) is 1.08. The number of para-hydroxylation sites is 1. The minimum Gasteiger partial charge on any atom is -0.333 e. The highest BCUT2D eigenvalue weighted by Crippen LogP contribution is 2.25. The van der Waals surface area contributed by atoms with Gasteiger partial charge < -0.3 is 4.90 Å². The van der Waals surface area contributed by atoms with Crippen LogP contribution in [0.3, 0.4) is 0 Å². The fourth-order valence-electron chi connectivity index (χ4n) is 3.88. The lowest BCUT2D eigenvalue weighted by Gasteiger charge is -2.30. The average Bonchev–Trinajstić information content (AvgIpc) is 2.77. The van der Waals surface area contributed by atoms with Crippen molar-refractivity contribution in [3.05, 3.63) is 69.7 Å². The van der Waals surface area contributed by atoms with Crippen LogP contribution in [0.25, 0.3) is 16.6 Å². The standard InChI is InChI=1S/C25H30ClN3O2/c1-4-6-7-15-23(30)28(16-5-2)18(3)24-27-22-14-9-8-13-21(22)25(31)29(24)20-12-10-11-19(26)17-20/h8-14,17-18H,4-7,15-16H2,1-3H3. The summed E-state index contributed by atoms with van der Waals surface area (Å²) < 4.78 is 1.60. The molecule has 31 heavy (non-hydrogen) atoms. The largest absolute Gasteiger partial charge is 0.333 e. The molecule has 0 saturated carbocycles. The lowest BCUT2D eigenvalue weighted by Crippen LogP contribution is -2.37. The fraction of sp³-hybridized carbons (Fsp3) is 0.400. The summed E-state index contributed by atoms with van der Waals surface area (Å²) in [5.74, 6) is 0.645. The lowest BCUT2D eigenvalue weighted by atomic mass is 10.1. The molecule has 0 N–H and O–H groups in total. The molecule has 0 spiro atoms. The first-order chi connectivity index (χ1) is 15.0. The summed E-state index contributed by atoms with van der Waals surface area (Å²) in [6.45, 7) is 6.74.